The minimum Gasteiger partial charge on any atom is -0.450 e. The van der Waals surface area contributed by atoms with Gasteiger partial charge in [0.1, 0.15) is 0 Å². The lowest BCUT2D eigenvalue weighted by molar-refractivity contribution is -0.202. The van der Waals surface area contributed by atoms with Gasteiger partial charge in [-0.1, -0.05) is 40.2 Å². The van der Waals surface area contributed by atoms with E-state index in [1.54, 1.807) is 13.8 Å². The fraction of sp³-hybridized carbons (Fsp3) is 0.808. The monoisotopic (exact) mass is 414 g/mol. The van der Waals surface area contributed by atoms with Gasteiger partial charge in [0, 0.05) is 23.7 Å². The zero-order valence-corrected chi connectivity index (χ0v) is 19.6. The summed E-state index contributed by atoms with van der Waals surface area (Å²) in [5.74, 6) is 1.43. The SMILES string of the molecule is CCC(=O)O[C@]1(C(C)=O)C(C)(C)C[C@H]2[C@@H]3CCC4=CC(=O)CC[C@]4(C)[C@H]3CC[C@@]21C. The number of esters is 1. The average Bonchev–Trinajstić information content (AvgIpc) is 2.86. The highest BCUT2D eigenvalue weighted by Gasteiger charge is 2.74. The normalized spacial score (nSPS) is 44.4. The molecule has 166 valence electrons. The van der Waals surface area contributed by atoms with E-state index in [4.69, 9.17) is 4.74 Å². The molecule has 0 heterocycles. The van der Waals surface area contributed by atoms with Crippen molar-refractivity contribution in [2.24, 2.45) is 34.0 Å². The van der Waals surface area contributed by atoms with Crippen molar-refractivity contribution >= 4 is 17.5 Å². The van der Waals surface area contributed by atoms with Gasteiger partial charge in [-0.2, -0.15) is 0 Å². The fourth-order valence-electron chi connectivity index (χ4n) is 8.61. The minimum absolute atomic E-state index is 0.00335. The van der Waals surface area contributed by atoms with Crippen molar-refractivity contribution in [3.8, 4) is 0 Å². The minimum atomic E-state index is -1.05. The van der Waals surface area contributed by atoms with E-state index in [2.05, 4.69) is 27.7 Å². The van der Waals surface area contributed by atoms with Crippen LogP contribution in [0, 0.1) is 34.0 Å². The van der Waals surface area contributed by atoms with Crippen LogP contribution >= 0.6 is 0 Å². The van der Waals surface area contributed by atoms with Crippen molar-refractivity contribution < 1.29 is 19.1 Å². The standard InChI is InChI=1S/C26H38O4/c1-7-22(29)30-26(16(2)27)23(3,4)15-21-19-9-8-17-14-18(28)10-12-24(17,5)20(19)11-13-25(21,26)6/h14,19-21H,7-13,15H2,1-6H3/t19-,20+,21+,24+,25+,26-/m1/s1. The lowest BCUT2D eigenvalue weighted by atomic mass is 9.46. The summed E-state index contributed by atoms with van der Waals surface area (Å²) in [6.45, 7) is 12.3. The second-order valence-corrected chi connectivity index (χ2v) is 11.6. The molecular formula is C26H38O4. The van der Waals surface area contributed by atoms with Crippen LogP contribution in [-0.2, 0) is 19.1 Å². The van der Waals surface area contributed by atoms with Gasteiger partial charge in [-0.05, 0) is 74.7 Å². The number of Topliss-reactive ketones (excluding diaryl/α,β-unsaturated/α-hetero) is 1. The molecule has 0 saturated heterocycles. The van der Waals surface area contributed by atoms with E-state index < -0.39 is 11.0 Å². The lowest BCUT2D eigenvalue weighted by Crippen LogP contribution is -2.62. The van der Waals surface area contributed by atoms with Gasteiger partial charge in [-0.15, -0.1) is 0 Å². The van der Waals surface area contributed by atoms with Crippen molar-refractivity contribution in [3.05, 3.63) is 11.6 Å². The second kappa shape index (κ2) is 6.77. The molecule has 0 bridgehead atoms. The quantitative estimate of drug-likeness (QED) is 0.577. The Hall–Kier alpha value is -1.45. The summed E-state index contributed by atoms with van der Waals surface area (Å²) < 4.78 is 6.18. The van der Waals surface area contributed by atoms with Crippen molar-refractivity contribution in [1.82, 2.24) is 0 Å². The van der Waals surface area contributed by atoms with Crippen molar-refractivity contribution in [3.63, 3.8) is 0 Å². The zero-order valence-electron chi connectivity index (χ0n) is 19.6. The maximum absolute atomic E-state index is 13.3. The van der Waals surface area contributed by atoms with Crippen molar-refractivity contribution in [1.29, 1.82) is 0 Å². The van der Waals surface area contributed by atoms with Gasteiger partial charge in [0.05, 0.1) is 0 Å². The summed E-state index contributed by atoms with van der Waals surface area (Å²) in [6.07, 6.45) is 8.74. The number of carbonyl (C=O) groups is 3. The van der Waals surface area contributed by atoms with Crippen LogP contribution in [0.3, 0.4) is 0 Å². The summed E-state index contributed by atoms with van der Waals surface area (Å²) in [4.78, 5) is 37.8. The molecule has 0 unspecified atom stereocenters. The van der Waals surface area contributed by atoms with Gasteiger partial charge in [0.25, 0.3) is 0 Å². The lowest BCUT2D eigenvalue weighted by Gasteiger charge is -2.59. The van der Waals surface area contributed by atoms with E-state index in [1.165, 1.54) is 5.57 Å². The predicted octanol–water partition coefficient (Wildman–Crippen LogP) is 5.44. The van der Waals surface area contributed by atoms with Crippen LogP contribution in [0.5, 0.6) is 0 Å². The Kier molecular flexibility index (Phi) is 4.91. The molecule has 4 rings (SSSR count). The molecule has 3 saturated carbocycles. The Labute approximate surface area is 181 Å². The number of allylic oxidation sites excluding steroid dienone is 1. The Morgan fingerprint density at radius 3 is 2.40 bits per heavy atom. The van der Waals surface area contributed by atoms with Crippen LogP contribution in [0.25, 0.3) is 0 Å². The van der Waals surface area contributed by atoms with Crippen LogP contribution in [0.15, 0.2) is 11.6 Å². The summed E-state index contributed by atoms with van der Waals surface area (Å²) in [5.41, 5.74) is -0.323. The third-order valence-corrected chi connectivity index (χ3v) is 9.89. The first kappa shape index (κ1) is 21.8. The summed E-state index contributed by atoms with van der Waals surface area (Å²) in [7, 11) is 0. The smallest absolute Gasteiger partial charge is 0.306 e. The highest BCUT2D eigenvalue weighted by Crippen LogP contribution is 2.72. The fourth-order valence-corrected chi connectivity index (χ4v) is 8.61. The van der Waals surface area contributed by atoms with E-state index in [0.717, 1.165) is 38.5 Å². The third kappa shape index (κ3) is 2.61. The average molecular weight is 415 g/mol. The molecule has 4 heteroatoms. The molecule has 0 N–H and O–H groups in total. The molecule has 3 fully saturated rings. The second-order valence-electron chi connectivity index (χ2n) is 11.6. The summed E-state index contributed by atoms with van der Waals surface area (Å²) >= 11 is 0. The molecule has 0 aromatic heterocycles. The molecule has 4 nitrogen and oxygen atoms in total. The van der Waals surface area contributed by atoms with E-state index >= 15 is 0 Å². The van der Waals surface area contributed by atoms with Gasteiger partial charge < -0.3 is 4.74 Å². The molecule has 0 aromatic rings. The molecule has 6 atom stereocenters. The molecule has 0 radical (unpaired) electrons. The van der Waals surface area contributed by atoms with E-state index in [-0.39, 0.29) is 34.8 Å². The Balaban J connectivity index is 1.77. The summed E-state index contributed by atoms with van der Waals surface area (Å²) in [6, 6.07) is 0. The molecule has 30 heavy (non-hydrogen) atoms. The van der Waals surface area contributed by atoms with E-state index in [0.29, 0.717) is 24.2 Å². The third-order valence-electron chi connectivity index (χ3n) is 9.89. The number of hydrogen-bond donors (Lipinski definition) is 0. The molecule has 0 spiro atoms. The number of carbonyl (C=O) groups excluding carboxylic acids is 3. The maximum atomic E-state index is 13.3. The van der Waals surface area contributed by atoms with E-state index in [1.807, 2.05) is 6.08 Å². The molecule has 0 amide bonds. The van der Waals surface area contributed by atoms with Crippen molar-refractivity contribution in [2.45, 2.75) is 98.5 Å². The zero-order chi connectivity index (χ0) is 22.1. The summed E-state index contributed by atoms with van der Waals surface area (Å²) in [5, 5.41) is 0. The predicted molar refractivity (Wildman–Crippen MR) is 116 cm³/mol. The molecular weight excluding hydrogens is 376 g/mol. The molecule has 4 aliphatic rings. The topological polar surface area (TPSA) is 60.4 Å². The molecule has 4 aliphatic carbocycles. The van der Waals surface area contributed by atoms with Gasteiger partial charge in [-0.3, -0.25) is 14.4 Å². The number of rotatable bonds is 3. The van der Waals surface area contributed by atoms with Gasteiger partial charge >= 0.3 is 5.97 Å². The molecule has 0 aliphatic heterocycles. The first-order valence-corrected chi connectivity index (χ1v) is 11.9. The van der Waals surface area contributed by atoms with Crippen LogP contribution in [-0.4, -0.2) is 23.1 Å². The first-order chi connectivity index (χ1) is 13.9. The Morgan fingerprint density at radius 2 is 1.77 bits per heavy atom. The van der Waals surface area contributed by atoms with Crippen LogP contribution < -0.4 is 0 Å². The van der Waals surface area contributed by atoms with Gasteiger partial charge in [-0.25, -0.2) is 0 Å². The molecule has 0 aromatic carbocycles. The van der Waals surface area contributed by atoms with Crippen LogP contribution in [0.2, 0.25) is 0 Å². The van der Waals surface area contributed by atoms with Crippen molar-refractivity contribution in [2.75, 3.05) is 0 Å². The van der Waals surface area contributed by atoms with Crippen LogP contribution in [0.1, 0.15) is 92.9 Å². The first-order valence-electron chi connectivity index (χ1n) is 11.9. The number of ether oxygens (including phenoxy) is 1. The number of fused-ring (bicyclic) bond motifs is 5. The number of hydrogen-bond acceptors (Lipinski definition) is 4. The maximum Gasteiger partial charge on any atom is 0.306 e. The van der Waals surface area contributed by atoms with Gasteiger partial charge in [0.2, 0.25) is 0 Å². The van der Waals surface area contributed by atoms with Gasteiger partial charge in [0.15, 0.2) is 17.2 Å². The highest BCUT2D eigenvalue weighted by atomic mass is 16.6. The Bertz CT molecular complexity index is 823. The number of ketones is 2. The van der Waals surface area contributed by atoms with E-state index in [9.17, 15) is 14.4 Å². The van der Waals surface area contributed by atoms with Crippen LogP contribution in [0.4, 0.5) is 0 Å². The Morgan fingerprint density at radius 1 is 1.07 bits per heavy atom. The highest BCUT2D eigenvalue weighted by molar-refractivity contribution is 5.92. The largest absolute Gasteiger partial charge is 0.450 e.